The second-order valence-corrected chi connectivity index (χ2v) is 7.84. The Balaban J connectivity index is 1.41. The monoisotopic (exact) mass is 392 g/mol. The lowest BCUT2D eigenvalue weighted by atomic mass is 9.99. The summed E-state index contributed by atoms with van der Waals surface area (Å²) in [5.41, 5.74) is 5.12. The summed E-state index contributed by atoms with van der Waals surface area (Å²) in [6.07, 6.45) is 3.44. The van der Waals surface area contributed by atoms with Gasteiger partial charge < -0.3 is 15.0 Å². The van der Waals surface area contributed by atoms with E-state index in [9.17, 15) is 9.59 Å². The highest BCUT2D eigenvalue weighted by atomic mass is 16.5. The summed E-state index contributed by atoms with van der Waals surface area (Å²) in [4.78, 5) is 26.4. The number of hydrogen-bond acceptors (Lipinski definition) is 3. The van der Waals surface area contributed by atoms with Gasteiger partial charge in [0.2, 0.25) is 5.91 Å². The van der Waals surface area contributed by atoms with Crippen molar-refractivity contribution < 1.29 is 14.3 Å². The Labute approximate surface area is 172 Å². The molecule has 0 atom stereocenters. The maximum atomic E-state index is 12.4. The first-order valence-electron chi connectivity index (χ1n) is 10.6. The average molecular weight is 392 g/mol. The molecule has 2 aliphatic rings. The summed E-state index contributed by atoms with van der Waals surface area (Å²) in [6, 6.07) is 14.0. The van der Waals surface area contributed by atoms with Crippen molar-refractivity contribution in [2.45, 2.75) is 32.6 Å². The Bertz CT molecular complexity index is 885. The van der Waals surface area contributed by atoms with Crippen LogP contribution < -0.4 is 10.2 Å². The van der Waals surface area contributed by atoms with Crippen LogP contribution in [0.1, 0.15) is 42.1 Å². The minimum atomic E-state index is -0.0225. The molecule has 0 unspecified atom stereocenters. The van der Waals surface area contributed by atoms with Crippen molar-refractivity contribution in [1.82, 2.24) is 5.32 Å². The molecule has 5 heteroatoms. The number of fused-ring (bicyclic) bond motifs is 1. The minimum Gasteiger partial charge on any atom is -0.381 e. The molecule has 5 nitrogen and oxygen atoms in total. The fourth-order valence-corrected chi connectivity index (χ4v) is 4.13. The van der Waals surface area contributed by atoms with Gasteiger partial charge >= 0.3 is 0 Å². The SMILES string of the molecule is CCC(=O)N1CCc2cc(-c3ccc(C(=O)NCC4CCOCC4)cc3)ccc21. The Kier molecular flexibility index (Phi) is 5.95. The van der Waals surface area contributed by atoms with Crippen LogP contribution in [0.4, 0.5) is 5.69 Å². The minimum absolute atomic E-state index is 0.0225. The molecule has 1 saturated heterocycles. The maximum Gasteiger partial charge on any atom is 0.251 e. The van der Waals surface area contributed by atoms with E-state index in [4.69, 9.17) is 4.74 Å². The zero-order valence-corrected chi connectivity index (χ0v) is 16.9. The van der Waals surface area contributed by atoms with Gasteiger partial charge in [0, 0.05) is 44.0 Å². The van der Waals surface area contributed by atoms with Crippen LogP contribution in [0, 0.1) is 5.92 Å². The lowest BCUT2D eigenvalue weighted by Gasteiger charge is -2.22. The van der Waals surface area contributed by atoms with Crippen molar-refractivity contribution in [1.29, 1.82) is 0 Å². The number of amides is 2. The van der Waals surface area contributed by atoms with Gasteiger partial charge in [-0.05, 0) is 66.1 Å². The Morgan fingerprint density at radius 3 is 2.52 bits per heavy atom. The predicted octanol–water partition coefficient (Wildman–Crippen LogP) is 3.81. The third-order valence-corrected chi connectivity index (χ3v) is 5.95. The number of ether oxygens (including phenoxy) is 1. The molecule has 0 saturated carbocycles. The second-order valence-electron chi connectivity index (χ2n) is 7.84. The van der Waals surface area contributed by atoms with Crippen molar-refractivity contribution >= 4 is 17.5 Å². The highest BCUT2D eigenvalue weighted by molar-refractivity contribution is 5.96. The van der Waals surface area contributed by atoms with Gasteiger partial charge in [-0.15, -0.1) is 0 Å². The number of benzene rings is 2. The Morgan fingerprint density at radius 2 is 1.79 bits per heavy atom. The zero-order chi connectivity index (χ0) is 20.2. The van der Waals surface area contributed by atoms with Crippen LogP contribution in [0.3, 0.4) is 0 Å². The van der Waals surface area contributed by atoms with Crippen molar-refractivity contribution in [2.75, 3.05) is 31.2 Å². The third-order valence-electron chi connectivity index (χ3n) is 5.95. The largest absolute Gasteiger partial charge is 0.381 e. The standard InChI is InChI=1S/C24H28N2O3/c1-2-23(27)26-12-9-21-15-20(7-8-22(21)26)18-3-5-19(6-4-18)24(28)25-16-17-10-13-29-14-11-17/h3-8,15,17H,2,9-14,16H2,1H3,(H,25,28). The van der Waals surface area contributed by atoms with Crippen LogP contribution in [-0.2, 0) is 16.0 Å². The van der Waals surface area contributed by atoms with Gasteiger partial charge in [-0.1, -0.05) is 25.1 Å². The van der Waals surface area contributed by atoms with Crippen LogP contribution in [0.5, 0.6) is 0 Å². The lowest BCUT2D eigenvalue weighted by molar-refractivity contribution is -0.118. The second kappa shape index (κ2) is 8.78. The summed E-state index contributed by atoms with van der Waals surface area (Å²) in [5, 5.41) is 3.05. The van der Waals surface area contributed by atoms with E-state index in [1.807, 2.05) is 42.2 Å². The van der Waals surface area contributed by atoms with Gasteiger partial charge in [0.25, 0.3) is 5.91 Å². The molecule has 0 aromatic heterocycles. The molecule has 0 radical (unpaired) electrons. The number of hydrogen-bond donors (Lipinski definition) is 1. The van der Waals surface area contributed by atoms with E-state index in [1.54, 1.807) is 0 Å². The summed E-state index contributed by atoms with van der Waals surface area (Å²) < 4.78 is 5.37. The van der Waals surface area contributed by atoms with Crippen molar-refractivity contribution in [2.24, 2.45) is 5.92 Å². The van der Waals surface area contributed by atoms with E-state index < -0.39 is 0 Å². The van der Waals surface area contributed by atoms with E-state index in [1.165, 1.54) is 5.56 Å². The summed E-state index contributed by atoms with van der Waals surface area (Å²) in [6.45, 7) is 4.95. The van der Waals surface area contributed by atoms with E-state index in [0.717, 1.165) is 55.8 Å². The van der Waals surface area contributed by atoms with Crippen molar-refractivity contribution in [3.8, 4) is 11.1 Å². The topological polar surface area (TPSA) is 58.6 Å². The smallest absolute Gasteiger partial charge is 0.251 e. The fourth-order valence-electron chi connectivity index (χ4n) is 4.13. The van der Waals surface area contributed by atoms with Gasteiger partial charge in [-0.3, -0.25) is 9.59 Å². The molecule has 2 aliphatic heterocycles. The van der Waals surface area contributed by atoms with Gasteiger partial charge in [-0.2, -0.15) is 0 Å². The molecule has 1 fully saturated rings. The first kappa shape index (κ1) is 19.6. The van der Waals surface area contributed by atoms with Crippen LogP contribution >= 0.6 is 0 Å². The summed E-state index contributed by atoms with van der Waals surface area (Å²) in [7, 11) is 0. The first-order valence-corrected chi connectivity index (χ1v) is 10.6. The highest BCUT2D eigenvalue weighted by Crippen LogP contribution is 2.32. The van der Waals surface area contributed by atoms with Crippen LogP contribution in [0.15, 0.2) is 42.5 Å². The fraction of sp³-hybridized carbons (Fsp3) is 0.417. The third kappa shape index (κ3) is 4.35. The number of anilines is 1. The van der Waals surface area contributed by atoms with Gasteiger partial charge in [0.15, 0.2) is 0 Å². The van der Waals surface area contributed by atoms with E-state index in [2.05, 4.69) is 17.4 Å². The molecule has 2 heterocycles. The molecule has 29 heavy (non-hydrogen) atoms. The van der Waals surface area contributed by atoms with E-state index in [0.29, 0.717) is 24.4 Å². The van der Waals surface area contributed by atoms with Crippen molar-refractivity contribution in [3.05, 3.63) is 53.6 Å². The van der Waals surface area contributed by atoms with Crippen LogP contribution in [0.25, 0.3) is 11.1 Å². The predicted molar refractivity (Wildman–Crippen MR) is 114 cm³/mol. The zero-order valence-electron chi connectivity index (χ0n) is 16.9. The molecule has 152 valence electrons. The lowest BCUT2D eigenvalue weighted by Crippen LogP contribution is -2.32. The molecule has 1 N–H and O–H groups in total. The summed E-state index contributed by atoms with van der Waals surface area (Å²) >= 11 is 0. The molecular weight excluding hydrogens is 364 g/mol. The number of rotatable bonds is 5. The van der Waals surface area contributed by atoms with E-state index >= 15 is 0 Å². The quantitative estimate of drug-likeness (QED) is 0.842. The molecule has 2 aromatic rings. The van der Waals surface area contributed by atoms with Crippen molar-refractivity contribution in [3.63, 3.8) is 0 Å². The van der Waals surface area contributed by atoms with E-state index in [-0.39, 0.29) is 11.8 Å². The maximum absolute atomic E-state index is 12.4. The molecule has 2 amide bonds. The van der Waals surface area contributed by atoms with Gasteiger partial charge in [0.05, 0.1) is 0 Å². The number of nitrogens with one attached hydrogen (secondary N) is 1. The normalized spacial score (nSPS) is 16.5. The molecular formula is C24H28N2O3. The Morgan fingerprint density at radius 1 is 1.07 bits per heavy atom. The van der Waals surface area contributed by atoms with Gasteiger partial charge in [-0.25, -0.2) is 0 Å². The first-order chi connectivity index (χ1) is 14.2. The molecule has 0 spiro atoms. The number of nitrogens with zero attached hydrogens (tertiary/aromatic N) is 1. The molecule has 0 bridgehead atoms. The Hall–Kier alpha value is -2.66. The number of carbonyl (C=O) groups is 2. The van der Waals surface area contributed by atoms with Crippen LogP contribution in [-0.4, -0.2) is 38.1 Å². The average Bonchev–Trinajstić information content (AvgIpc) is 3.21. The summed E-state index contributed by atoms with van der Waals surface area (Å²) in [5.74, 6) is 0.663. The molecule has 2 aromatic carbocycles. The highest BCUT2D eigenvalue weighted by Gasteiger charge is 2.23. The molecule has 4 rings (SSSR count). The van der Waals surface area contributed by atoms with Crippen LogP contribution in [0.2, 0.25) is 0 Å². The number of carbonyl (C=O) groups excluding carboxylic acids is 2. The molecule has 0 aliphatic carbocycles. The van der Waals surface area contributed by atoms with Gasteiger partial charge in [0.1, 0.15) is 0 Å².